The number of fused-ring (bicyclic) bond motifs is 2. The number of pyridine rings is 3. The van der Waals surface area contributed by atoms with Crippen LogP contribution in [-0.4, -0.2) is 24.1 Å². The van der Waals surface area contributed by atoms with E-state index in [1.807, 2.05) is 24.5 Å². The van der Waals surface area contributed by atoms with Gasteiger partial charge in [-0.25, -0.2) is 9.97 Å². The molecule has 512 valence electrons. The molecule has 0 aliphatic rings. The van der Waals surface area contributed by atoms with Crippen LogP contribution in [0.2, 0.25) is 0 Å². The summed E-state index contributed by atoms with van der Waals surface area (Å²) in [5.41, 5.74) is 29.4. The average molecular weight is 1400 g/mol. The molecular weight excluding hydrogens is 1330 g/mol. The summed E-state index contributed by atoms with van der Waals surface area (Å²) in [7, 11) is 0. The lowest BCUT2D eigenvalue weighted by atomic mass is 9.91. The second kappa shape index (κ2) is 26.7. The van der Waals surface area contributed by atoms with Gasteiger partial charge in [-0.15, -0.1) is 0 Å². The third kappa shape index (κ3) is 11.5. The van der Waals surface area contributed by atoms with E-state index in [0.29, 0.717) is 0 Å². The van der Waals surface area contributed by atoms with Crippen molar-refractivity contribution in [2.24, 2.45) is 0 Å². The molecule has 0 aliphatic heterocycles. The summed E-state index contributed by atoms with van der Waals surface area (Å²) in [6.07, 6.45) is 3.71. The van der Waals surface area contributed by atoms with Crippen LogP contribution in [0.3, 0.4) is 0 Å². The Labute approximate surface area is 636 Å². The van der Waals surface area contributed by atoms with Crippen molar-refractivity contribution < 1.29 is 0 Å². The summed E-state index contributed by atoms with van der Waals surface area (Å²) in [5.74, 6) is 0. The first-order valence-corrected chi connectivity index (χ1v) is 37.6. The molecule has 0 saturated heterocycles. The van der Waals surface area contributed by atoms with Crippen molar-refractivity contribution in [3.8, 4) is 123 Å². The number of aromatic nitrogens is 5. The molecule has 0 atom stereocenters. The van der Waals surface area contributed by atoms with Crippen LogP contribution >= 0.6 is 0 Å². The van der Waals surface area contributed by atoms with E-state index in [1.54, 1.807) is 0 Å². The van der Waals surface area contributed by atoms with Crippen molar-refractivity contribution in [1.29, 1.82) is 0 Å². The molecule has 0 aliphatic carbocycles. The van der Waals surface area contributed by atoms with E-state index in [0.717, 1.165) is 67.4 Å². The number of nitrogens with zero attached hydrogens (tertiary/aromatic N) is 5. The molecule has 22 aromatic rings. The minimum absolute atomic E-state index is 0.922. The van der Waals surface area contributed by atoms with Gasteiger partial charge < -0.3 is 9.13 Å². The largest absolute Gasteiger partial charge is 0.309 e. The fourth-order valence-electron chi connectivity index (χ4n) is 16.8. The fraction of sp³-hybridized carbons (Fsp3) is 0. The summed E-state index contributed by atoms with van der Waals surface area (Å²) in [5, 5.41) is 15.3. The molecule has 5 nitrogen and oxygen atoms in total. The van der Waals surface area contributed by atoms with Gasteiger partial charge in [-0.1, -0.05) is 249 Å². The normalized spacial score (nSPS) is 11.6. The molecule has 110 heavy (non-hydrogen) atoms. The van der Waals surface area contributed by atoms with E-state index >= 15 is 0 Å². The molecule has 0 N–H and O–H groups in total. The van der Waals surface area contributed by atoms with Crippen molar-refractivity contribution >= 4 is 86.7 Å². The van der Waals surface area contributed by atoms with Crippen LogP contribution in [0.1, 0.15) is 0 Å². The first-order chi connectivity index (χ1) is 54.5. The van der Waals surface area contributed by atoms with E-state index < -0.39 is 0 Å². The minimum Gasteiger partial charge on any atom is -0.309 e. The number of rotatable bonds is 12. The van der Waals surface area contributed by atoms with Gasteiger partial charge in [0.25, 0.3) is 0 Å². The van der Waals surface area contributed by atoms with Gasteiger partial charge in [-0.05, 0) is 255 Å². The van der Waals surface area contributed by atoms with E-state index in [-0.39, 0.29) is 0 Å². The van der Waals surface area contributed by atoms with Crippen LogP contribution in [0, 0.1) is 0 Å². The topological polar surface area (TPSA) is 48.5 Å². The molecule has 0 bridgehead atoms. The van der Waals surface area contributed by atoms with Gasteiger partial charge >= 0.3 is 0 Å². The molecule has 0 fully saturated rings. The fourth-order valence-corrected chi connectivity index (χ4v) is 16.8. The summed E-state index contributed by atoms with van der Waals surface area (Å²) < 4.78 is 4.85. The molecular formula is C105H67N5. The van der Waals surface area contributed by atoms with Crippen molar-refractivity contribution in [3.05, 3.63) is 407 Å². The maximum Gasteiger partial charge on any atom is 0.0709 e. The Morgan fingerprint density at radius 3 is 0.809 bits per heavy atom. The zero-order valence-corrected chi connectivity index (χ0v) is 59.9. The second-order valence-corrected chi connectivity index (χ2v) is 28.7. The van der Waals surface area contributed by atoms with Gasteiger partial charge in [-0.2, -0.15) is 0 Å². The van der Waals surface area contributed by atoms with E-state index in [9.17, 15) is 0 Å². The monoisotopic (exact) mass is 1400 g/mol. The van der Waals surface area contributed by atoms with E-state index in [2.05, 4.69) is 396 Å². The highest BCUT2D eigenvalue weighted by Crippen LogP contribution is 2.44. The molecule has 0 radical (unpaired) electrons. The zero-order valence-electron chi connectivity index (χ0n) is 59.9. The van der Waals surface area contributed by atoms with Crippen LogP contribution in [0.25, 0.3) is 210 Å². The standard InChI is InChI=1S/C53H34N2.C52H33N3/c1-2-8-35(9-3-1)39-12-4-14-41(28-39)46-31-47(42-15-5-13-40(29-42)36-24-26-54-27-25-36)33-48(32-46)44-20-21-45-34-49(23-22-43(45)30-44)55-50-16-6-10-37-18-19-38-11-7-17-51(55)53(38)52(37)50;1-3-11-34(12-4-1)45-17-9-19-47(53-45)42-30-41(31-43(32-42)48-20-10-18-46(54-48)35-13-5-2-6-14-35)39-25-26-40-33-44(28-27-38(40)29-39)55-49-21-7-15-36-23-24-37-16-8-22-50(55)52(37)51(36)49/h1-34H;1-33H. The Morgan fingerprint density at radius 1 is 0.155 bits per heavy atom. The molecule has 0 saturated carbocycles. The maximum atomic E-state index is 5.16. The van der Waals surface area contributed by atoms with Gasteiger partial charge in [0.2, 0.25) is 0 Å². The number of hydrogen-bond donors (Lipinski definition) is 0. The lowest BCUT2D eigenvalue weighted by Crippen LogP contribution is -1.94. The highest BCUT2D eigenvalue weighted by molar-refractivity contribution is 6.25. The smallest absolute Gasteiger partial charge is 0.0709 e. The lowest BCUT2D eigenvalue weighted by Gasteiger charge is -2.14. The Hall–Kier alpha value is -14.7. The molecule has 17 aromatic carbocycles. The van der Waals surface area contributed by atoms with Crippen molar-refractivity contribution in [1.82, 2.24) is 24.1 Å². The van der Waals surface area contributed by atoms with E-state index in [1.165, 1.54) is 142 Å². The predicted molar refractivity (Wildman–Crippen MR) is 462 cm³/mol. The second-order valence-electron chi connectivity index (χ2n) is 28.7. The zero-order chi connectivity index (χ0) is 72.6. The van der Waals surface area contributed by atoms with Crippen molar-refractivity contribution in [2.75, 3.05) is 0 Å². The SMILES string of the molecule is c1ccc(-c2cccc(-c3cc(-c4ccc5cc(-n6c7cccc8ccc9cccc6c9c87)ccc5c4)cc(-c4cccc(-c5ccccc5)n4)c3)n2)cc1.c1ccc(-c2cccc(-c3cc(-c4cccc(-c5ccncc5)c4)cc(-c4ccc5cc(-n6c7cccc8ccc9cccc6c9c87)ccc5c4)c3)c2)cc1. The van der Waals surface area contributed by atoms with Gasteiger partial charge in [0, 0.05) is 67.6 Å². The third-order valence-corrected chi connectivity index (χ3v) is 22.1. The van der Waals surface area contributed by atoms with Gasteiger partial charge in [0.15, 0.2) is 0 Å². The Kier molecular flexibility index (Phi) is 15.5. The van der Waals surface area contributed by atoms with Crippen LogP contribution in [0.5, 0.6) is 0 Å². The molecule has 0 spiro atoms. The first-order valence-electron chi connectivity index (χ1n) is 37.6. The maximum absolute atomic E-state index is 5.16. The van der Waals surface area contributed by atoms with Crippen LogP contribution in [-0.2, 0) is 0 Å². The Morgan fingerprint density at radius 2 is 0.418 bits per heavy atom. The molecule has 5 aromatic heterocycles. The molecule has 0 unspecified atom stereocenters. The van der Waals surface area contributed by atoms with Gasteiger partial charge in [-0.3, -0.25) is 4.98 Å². The Balaban J connectivity index is 0.000000140. The summed E-state index contributed by atoms with van der Waals surface area (Å²) in [6, 6.07) is 143. The molecule has 5 heterocycles. The van der Waals surface area contributed by atoms with Crippen molar-refractivity contribution in [3.63, 3.8) is 0 Å². The lowest BCUT2D eigenvalue weighted by molar-refractivity contribution is 1.19. The van der Waals surface area contributed by atoms with Gasteiger partial charge in [0.1, 0.15) is 0 Å². The third-order valence-electron chi connectivity index (χ3n) is 22.1. The summed E-state index contributed by atoms with van der Waals surface area (Å²) in [6.45, 7) is 0. The highest BCUT2D eigenvalue weighted by atomic mass is 15.0. The number of benzene rings is 17. The highest BCUT2D eigenvalue weighted by Gasteiger charge is 2.21. The molecule has 5 heteroatoms. The quantitative estimate of drug-likeness (QED) is 0.115. The average Bonchev–Trinajstić information content (AvgIpc) is 1.57. The van der Waals surface area contributed by atoms with E-state index in [4.69, 9.17) is 9.97 Å². The van der Waals surface area contributed by atoms with Crippen LogP contribution < -0.4 is 0 Å². The molecule has 22 rings (SSSR count). The Bertz CT molecular complexity index is 6490. The first kappa shape index (κ1) is 63.8. The summed E-state index contributed by atoms with van der Waals surface area (Å²) >= 11 is 0. The number of hydrogen-bond acceptors (Lipinski definition) is 3. The molecule has 0 amide bonds. The summed E-state index contributed by atoms with van der Waals surface area (Å²) in [4.78, 5) is 14.6. The minimum atomic E-state index is 0.922. The van der Waals surface area contributed by atoms with Crippen LogP contribution in [0.15, 0.2) is 407 Å². The van der Waals surface area contributed by atoms with Crippen LogP contribution in [0.4, 0.5) is 0 Å². The van der Waals surface area contributed by atoms with Gasteiger partial charge in [0.05, 0.1) is 44.8 Å². The predicted octanol–water partition coefficient (Wildman–Crippen LogP) is 27.9. The van der Waals surface area contributed by atoms with Crippen molar-refractivity contribution in [2.45, 2.75) is 0 Å².